The van der Waals surface area contributed by atoms with Gasteiger partial charge in [-0.2, -0.15) is 0 Å². The van der Waals surface area contributed by atoms with Gasteiger partial charge in [-0.05, 0) is 48.4 Å². The number of fused-ring (bicyclic) bond motifs is 1. The van der Waals surface area contributed by atoms with E-state index in [1.807, 2.05) is 50.2 Å². The molecule has 3 aromatic carbocycles. The minimum absolute atomic E-state index is 0.114. The molecule has 2 heterocycles. The van der Waals surface area contributed by atoms with E-state index in [0.717, 1.165) is 59.6 Å². The van der Waals surface area contributed by atoms with Gasteiger partial charge in [-0.3, -0.25) is 4.79 Å². The predicted molar refractivity (Wildman–Crippen MR) is 126 cm³/mol. The van der Waals surface area contributed by atoms with E-state index in [9.17, 15) is 4.79 Å². The zero-order valence-corrected chi connectivity index (χ0v) is 18.5. The Morgan fingerprint density at radius 1 is 0.969 bits per heavy atom. The van der Waals surface area contributed by atoms with Crippen molar-refractivity contribution >= 4 is 16.7 Å². The number of hydrogen-bond acceptors (Lipinski definition) is 5. The summed E-state index contributed by atoms with van der Waals surface area (Å²) in [5, 5.41) is 11.9. The molecule has 0 aromatic heterocycles. The Hall–Kier alpha value is -3.09. The Morgan fingerprint density at radius 2 is 1.69 bits per heavy atom. The van der Waals surface area contributed by atoms with Crippen molar-refractivity contribution in [3.8, 4) is 11.5 Å². The lowest BCUT2D eigenvalue weighted by atomic mass is 9.97. The average molecular weight is 432 g/mol. The van der Waals surface area contributed by atoms with Crippen molar-refractivity contribution in [2.45, 2.75) is 32.1 Å². The fourth-order valence-electron chi connectivity index (χ4n) is 4.15. The topological polar surface area (TPSA) is 71.6 Å². The molecule has 0 saturated carbocycles. The average Bonchev–Trinajstić information content (AvgIpc) is 2.73. The normalized spacial score (nSPS) is 17.3. The maximum Gasteiger partial charge on any atom is 0.252 e. The number of ether oxygens (including phenoxy) is 2. The highest BCUT2D eigenvalue weighted by Gasteiger charge is 2.24. The quantitative estimate of drug-likeness (QED) is 0.535. The van der Waals surface area contributed by atoms with Crippen LogP contribution in [0.25, 0.3) is 10.8 Å². The van der Waals surface area contributed by atoms with Crippen LogP contribution in [0.15, 0.2) is 54.6 Å². The number of carbonyl (C=O) groups excluding carboxylic acids is 1. The Labute approximate surface area is 188 Å². The third kappa shape index (κ3) is 4.16. The summed E-state index contributed by atoms with van der Waals surface area (Å²) in [6.07, 6.45) is 0.332. The van der Waals surface area contributed by atoms with Crippen LogP contribution >= 0.6 is 0 Å². The van der Waals surface area contributed by atoms with Crippen LogP contribution in [-0.4, -0.2) is 44.3 Å². The molecule has 2 fully saturated rings. The lowest BCUT2D eigenvalue weighted by Gasteiger charge is -2.30. The second-order valence-corrected chi connectivity index (χ2v) is 8.67. The molecule has 0 bridgehead atoms. The third-order valence-corrected chi connectivity index (χ3v) is 6.25. The van der Waals surface area contributed by atoms with Crippen LogP contribution in [0, 0.1) is 6.92 Å². The van der Waals surface area contributed by atoms with Gasteiger partial charge in [0.15, 0.2) is 0 Å². The SMILES string of the molecule is Cc1ccc(OC2CNC2)cc1C(=O)NC(C)c1c(OC2CNC2)ccc2ccccc12. The van der Waals surface area contributed by atoms with Crippen LogP contribution in [0.3, 0.4) is 0 Å². The number of rotatable bonds is 7. The molecule has 0 spiro atoms. The maximum atomic E-state index is 13.3. The number of carbonyl (C=O) groups is 1. The van der Waals surface area contributed by atoms with Gasteiger partial charge >= 0.3 is 0 Å². The minimum Gasteiger partial charge on any atom is -0.488 e. The number of aryl methyl sites for hydroxylation is 1. The minimum atomic E-state index is -0.226. The van der Waals surface area contributed by atoms with Gasteiger partial charge in [-0.1, -0.05) is 36.4 Å². The summed E-state index contributed by atoms with van der Waals surface area (Å²) in [6, 6.07) is 17.8. The third-order valence-electron chi connectivity index (χ3n) is 6.25. The first-order valence-corrected chi connectivity index (χ1v) is 11.3. The summed E-state index contributed by atoms with van der Waals surface area (Å²) in [4.78, 5) is 13.3. The zero-order chi connectivity index (χ0) is 22.1. The molecule has 2 aliphatic heterocycles. The standard InChI is InChI=1S/C26H29N3O3/c1-16-7-9-19(31-20-12-27-13-20)11-23(16)26(30)29-17(2)25-22-6-4-3-5-18(22)8-10-24(25)32-21-14-28-15-21/h3-11,17,20-21,27-28H,12-15H2,1-2H3,(H,29,30). The molecule has 0 aliphatic carbocycles. The van der Waals surface area contributed by atoms with Gasteiger partial charge in [0.05, 0.1) is 6.04 Å². The van der Waals surface area contributed by atoms with Gasteiger partial charge in [0.1, 0.15) is 23.7 Å². The van der Waals surface area contributed by atoms with Gasteiger partial charge < -0.3 is 25.4 Å². The van der Waals surface area contributed by atoms with E-state index in [-0.39, 0.29) is 24.2 Å². The fraction of sp³-hybridized carbons (Fsp3) is 0.346. The van der Waals surface area contributed by atoms with Crippen molar-refractivity contribution < 1.29 is 14.3 Å². The molecule has 3 aromatic rings. The molecule has 1 atom stereocenters. The number of amides is 1. The molecule has 0 radical (unpaired) electrons. The Morgan fingerprint density at radius 3 is 2.41 bits per heavy atom. The highest BCUT2D eigenvalue weighted by Crippen LogP contribution is 2.34. The molecular weight excluding hydrogens is 402 g/mol. The number of nitrogens with one attached hydrogen (secondary N) is 3. The second-order valence-electron chi connectivity index (χ2n) is 8.67. The first-order valence-electron chi connectivity index (χ1n) is 11.3. The molecule has 2 aliphatic rings. The predicted octanol–water partition coefficient (Wildman–Crippen LogP) is 3.34. The Bertz CT molecular complexity index is 1140. The second kappa shape index (κ2) is 8.81. The van der Waals surface area contributed by atoms with E-state index in [1.165, 1.54) is 0 Å². The summed E-state index contributed by atoms with van der Waals surface area (Å²) in [6.45, 7) is 7.33. The lowest BCUT2D eigenvalue weighted by Crippen LogP contribution is -2.50. The molecule has 1 amide bonds. The van der Waals surface area contributed by atoms with Crippen molar-refractivity contribution in [2.75, 3.05) is 26.2 Å². The molecule has 3 N–H and O–H groups in total. The molecule has 6 nitrogen and oxygen atoms in total. The van der Waals surface area contributed by atoms with Crippen molar-refractivity contribution in [2.24, 2.45) is 0 Å². The molecule has 6 heteroatoms. The molecule has 5 rings (SSSR count). The van der Waals surface area contributed by atoms with Crippen molar-refractivity contribution in [1.29, 1.82) is 0 Å². The van der Waals surface area contributed by atoms with Crippen molar-refractivity contribution in [3.63, 3.8) is 0 Å². The van der Waals surface area contributed by atoms with E-state index < -0.39 is 0 Å². The summed E-state index contributed by atoms with van der Waals surface area (Å²) >= 11 is 0. The van der Waals surface area contributed by atoms with Gasteiger partial charge in [0, 0.05) is 37.3 Å². The lowest BCUT2D eigenvalue weighted by molar-refractivity contribution is 0.0936. The van der Waals surface area contributed by atoms with E-state index in [4.69, 9.17) is 9.47 Å². The van der Waals surface area contributed by atoms with Crippen LogP contribution in [0.1, 0.15) is 34.5 Å². The van der Waals surface area contributed by atoms with E-state index in [0.29, 0.717) is 5.56 Å². The Kier molecular flexibility index (Phi) is 5.72. The van der Waals surface area contributed by atoms with Gasteiger partial charge in [0.2, 0.25) is 0 Å². The molecule has 2 saturated heterocycles. The first kappa shape index (κ1) is 20.8. The van der Waals surface area contributed by atoms with Crippen LogP contribution in [0.2, 0.25) is 0 Å². The zero-order valence-electron chi connectivity index (χ0n) is 18.5. The summed E-state index contributed by atoms with van der Waals surface area (Å²) in [5.74, 6) is 1.44. The first-order chi connectivity index (χ1) is 15.6. The van der Waals surface area contributed by atoms with Gasteiger partial charge in [-0.25, -0.2) is 0 Å². The van der Waals surface area contributed by atoms with Crippen LogP contribution in [-0.2, 0) is 0 Å². The fourth-order valence-corrected chi connectivity index (χ4v) is 4.15. The van der Waals surface area contributed by atoms with Crippen molar-refractivity contribution in [3.05, 3.63) is 71.3 Å². The van der Waals surface area contributed by atoms with Gasteiger partial charge in [-0.15, -0.1) is 0 Å². The molecule has 166 valence electrons. The van der Waals surface area contributed by atoms with E-state index in [1.54, 1.807) is 0 Å². The van der Waals surface area contributed by atoms with Crippen LogP contribution in [0.4, 0.5) is 0 Å². The summed E-state index contributed by atoms with van der Waals surface area (Å²) in [5.41, 5.74) is 2.56. The molecular formula is C26H29N3O3. The summed E-state index contributed by atoms with van der Waals surface area (Å²) < 4.78 is 12.2. The smallest absolute Gasteiger partial charge is 0.252 e. The van der Waals surface area contributed by atoms with Crippen LogP contribution < -0.4 is 25.4 Å². The highest BCUT2D eigenvalue weighted by molar-refractivity contribution is 5.97. The molecule has 32 heavy (non-hydrogen) atoms. The van der Waals surface area contributed by atoms with Crippen molar-refractivity contribution in [1.82, 2.24) is 16.0 Å². The number of benzene rings is 3. The molecule has 1 unspecified atom stereocenters. The maximum absolute atomic E-state index is 13.3. The monoisotopic (exact) mass is 431 g/mol. The Balaban J connectivity index is 1.41. The van der Waals surface area contributed by atoms with E-state index in [2.05, 4.69) is 34.1 Å². The summed E-state index contributed by atoms with van der Waals surface area (Å²) in [7, 11) is 0. The number of hydrogen-bond donors (Lipinski definition) is 3. The largest absolute Gasteiger partial charge is 0.488 e. The van der Waals surface area contributed by atoms with E-state index >= 15 is 0 Å². The highest BCUT2D eigenvalue weighted by atomic mass is 16.5. The van der Waals surface area contributed by atoms with Gasteiger partial charge in [0.25, 0.3) is 5.91 Å². The van der Waals surface area contributed by atoms with Crippen LogP contribution in [0.5, 0.6) is 11.5 Å².